The molecule has 2 heterocycles. The first-order valence-corrected chi connectivity index (χ1v) is 7.86. The zero-order chi connectivity index (χ0) is 13.8. The Bertz CT molecular complexity index is 433. The number of thiophene rings is 1. The summed E-state index contributed by atoms with van der Waals surface area (Å²) in [4.78, 5) is 15.9. The minimum Gasteiger partial charge on any atom is -0.481 e. The maximum Gasteiger partial charge on any atom is 0.303 e. The number of hydrogen-bond donors (Lipinski definition) is 1. The Balaban J connectivity index is 1.77. The number of aryl methyl sites for hydroxylation is 2. The van der Waals surface area contributed by atoms with E-state index in [-0.39, 0.29) is 0 Å². The van der Waals surface area contributed by atoms with Gasteiger partial charge >= 0.3 is 5.97 Å². The van der Waals surface area contributed by atoms with Gasteiger partial charge in [0.1, 0.15) is 0 Å². The van der Waals surface area contributed by atoms with Crippen LogP contribution >= 0.6 is 11.3 Å². The molecule has 106 valence electrons. The van der Waals surface area contributed by atoms with Gasteiger partial charge in [0.05, 0.1) is 0 Å². The van der Waals surface area contributed by atoms with Crippen molar-refractivity contribution in [2.75, 3.05) is 13.1 Å². The first-order valence-electron chi connectivity index (χ1n) is 7.04. The average Bonchev–Trinajstić information content (AvgIpc) is 2.67. The Hall–Kier alpha value is -0.870. The molecule has 0 unspecified atom stereocenters. The SMILES string of the molecule is Cc1cc(CN2CCC(CCC(=O)O)CC2)c(C)s1. The van der Waals surface area contributed by atoms with Gasteiger partial charge in [-0.25, -0.2) is 0 Å². The van der Waals surface area contributed by atoms with Crippen LogP contribution in [0.4, 0.5) is 0 Å². The lowest BCUT2D eigenvalue weighted by molar-refractivity contribution is -0.137. The topological polar surface area (TPSA) is 40.5 Å². The van der Waals surface area contributed by atoms with Crippen LogP contribution in [0.1, 0.15) is 41.0 Å². The third kappa shape index (κ3) is 4.32. The van der Waals surface area contributed by atoms with Crippen LogP contribution in [0.25, 0.3) is 0 Å². The van der Waals surface area contributed by atoms with Crippen molar-refractivity contribution >= 4 is 17.3 Å². The molecule has 1 N–H and O–H groups in total. The minimum absolute atomic E-state index is 0.327. The molecular weight excluding hydrogens is 258 g/mol. The van der Waals surface area contributed by atoms with E-state index in [1.807, 2.05) is 11.3 Å². The molecule has 1 saturated heterocycles. The third-order valence-corrected chi connectivity index (χ3v) is 5.02. The van der Waals surface area contributed by atoms with E-state index >= 15 is 0 Å². The molecule has 0 radical (unpaired) electrons. The highest BCUT2D eigenvalue weighted by atomic mass is 32.1. The molecule has 1 aromatic heterocycles. The van der Waals surface area contributed by atoms with Gasteiger partial charge < -0.3 is 5.11 Å². The number of carbonyl (C=O) groups is 1. The van der Waals surface area contributed by atoms with E-state index < -0.39 is 5.97 Å². The molecule has 1 aliphatic rings. The summed E-state index contributed by atoms with van der Waals surface area (Å²) in [6, 6.07) is 2.30. The van der Waals surface area contributed by atoms with Crippen molar-refractivity contribution in [3.8, 4) is 0 Å². The Morgan fingerprint density at radius 1 is 1.42 bits per heavy atom. The number of carboxylic acids is 1. The van der Waals surface area contributed by atoms with Gasteiger partial charge in [-0.05, 0) is 63.7 Å². The van der Waals surface area contributed by atoms with Crippen molar-refractivity contribution in [1.29, 1.82) is 0 Å². The van der Waals surface area contributed by atoms with Crippen LogP contribution in [0.5, 0.6) is 0 Å². The van der Waals surface area contributed by atoms with E-state index in [4.69, 9.17) is 5.11 Å². The fourth-order valence-corrected chi connectivity index (χ4v) is 3.78. The molecule has 0 bridgehead atoms. The quantitative estimate of drug-likeness (QED) is 0.898. The number of aliphatic carboxylic acids is 1. The standard InChI is InChI=1S/C15H23NO2S/c1-11-9-14(12(2)19-11)10-16-7-5-13(6-8-16)3-4-15(17)18/h9,13H,3-8,10H2,1-2H3,(H,17,18). The minimum atomic E-state index is -0.660. The molecule has 4 heteroatoms. The molecule has 0 atom stereocenters. The van der Waals surface area contributed by atoms with E-state index in [0.717, 1.165) is 38.9 Å². The van der Waals surface area contributed by atoms with Crippen LogP contribution in [-0.4, -0.2) is 29.1 Å². The number of hydrogen-bond acceptors (Lipinski definition) is 3. The summed E-state index contributed by atoms with van der Waals surface area (Å²) >= 11 is 1.88. The summed E-state index contributed by atoms with van der Waals surface area (Å²) in [7, 11) is 0. The van der Waals surface area contributed by atoms with Gasteiger partial charge in [-0.2, -0.15) is 0 Å². The van der Waals surface area contributed by atoms with Crippen molar-refractivity contribution in [2.45, 2.75) is 46.1 Å². The number of nitrogens with zero attached hydrogens (tertiary/aromatic N) is 1. The smallest absolute Gasteiger partial charge is 0.303 e. The largest absolute Gasteiger partial charge is 0.481 e. The molecular formula is C15H23NO2S. The monoisotopic (exact) mass is 281 g/mol. The fourth-order valence-electron chi connectivity index (χ4n) is 2.84. The highest BCUT2D eigenvalue weighted by molar-refractivity contribution is 7.12. The zero-order valence-electron chi connectivity index (χ0n) is 11.8. The number of rotatable bonds is 5. The number of carboxylic acid groups (broad SMARTS) is 1. The van der Waals surface area contributed by atoms with E-state index in [0.29, 0.717) is 12.3 Å². The van der Waals surface area contributed by atoms with Gasteiger partial charge in [-0.3, -0.25) is 9.69 Å². The number of piperidine rings is 1. The van der Waals surface area contributed by atoms with Crippen LogP contribution < -0.4 is 0 Å². The van der Waals surface area contributed by atoms with Crippen LogP contribution in [0, 0.1) is 19.8 Å². The molecule has 0 aliphatic carbocycles. The lowest BCUT2D eigenvalue weighted by Gasteiger charge is -2.31. The lowest BCUT2D eigenvalue weighted by atomic mass is 9.92. The van der Waals surface area contributed by atoms with Crippen LogP contribution in [0.2, 0.25) is 0 Å². The molecule has 0 amide bonds. The Labute approximate surface area is 119 Å². The third-order valence-electron chi connectivity index (χ3n) is 4.01. The zero-order valence-corrected chi connectivity index (χ0v) is 12.6. The van der Waals surface area contributed by atoms with Crippen molar-refractivity contribution in [3.63, 3.8) is 0 Å². The molecule has 1 fully saturated rings. The molecule has 1 aromatic rings. The Morgan fingerprint density at radius 3 is 2.63 bits per heavy atom. The molecule has 2 rings (SSSR count). The highest BCUT2D eigenvalue weighted by Crippen LogP contribution is 2.26. The van der Waals surface area contributed by atoms with Crippen LogP contribution in [0.15, 0.2) is 6.07 Å². The summed E-state index contributed by atoms with van der Waals surface area (Å²) in [6.07, 6.45) is 3.47. The predicted molar refractivity (Wildman–Crippen MR) is 78.7 cm³/mol. The molecule has 19 heavy (non-hydrogen) atoms. The van der Waals surface area contributed by atoms with Gasteiger partial charge in [0.15, 0.2) is 0 Å². The maximum atomic E-state index is 10.6. The van der Waals surface area contributed by atoms with Gasteiger partial charge in [0.2, 0.25) is 0 Å². The van der Waals surface area contributed by atoms with Crippen molar-refractivity contribution in [3.05, 3.63) is 21.4 Å². The summed E-state index contributed by atoms with van der Waals surface area (Å²) in [5.74, 6) is -0.0514. The average molecular weight is 281 g/mol. The fraction of sp³-hybridized carbons (Fsp3) is 0.667. The second kappa shape index (κ2) is 6.53. The summed E-state index contributed by atoms with van der Waals surface area (Å²) in [6.45, 7) is 7.64. The molecule has 0 saturated carbocycles. The summed E-state index contributed by atoms with van der Waals surface area (Å²) in [5, 5.41) is 8.71. The predicted octanol–water partition coefficient (Wildman–Crippen LogP) is 3.44. The number of likely N-dealkylation sites (tertiary alicyclic amines) is 1. The maximum absolute atomic E-state index is 10.6. The highest BCUT2D eigenvalue weighted by Gasteiger charge is 2.20. The van der Waals surface area contributed by atoms with Crippen LogP contribution in [0.3, 0.4) is 0 Å². The first-order chi connectivity index (χ1) is 9.04. The second-order valence-electron chi connectivity index (χ2n) is 5.59. The lowest BCUT2D eigenvalue weighted by Crippen LogP contribution is -2.33. The van der Waals surface area contributed by atoms with Crippen molar-refractivity contribution in [1.82, 2.24) is 4.90 Å². The van der Waals surface area contributed by atoms with Gasteiger partial charge in [0, 0.05) is 22.7 Å². The molecule has 0 aromatic carbocycles. The van der Waals surface area contributed by atoms with Gasteiger partial charge in [-0.15, -0.1) is 11.3 Å². The molecule has 1 aliphatic heterocycles. The Kier molecular flexibility index (Phi) is 4.99. The van der Waals surface area contributed by atoms with E-state index in [9.17, 15) is 4.79 Å². The summed E-state index contributed by atoms with van der Waals surface area (Å²) in [5.41, 5.74) is 1.46. The molecule has 3 nitrogen and oxygen atoms in total. The normalized spacial score (nSPS) is 17.8. The second-order valence-corrected chi connectivity index (χ2v) is 7.05. The van der Waals surface area contributed by atoms with Crippen molar-refractivity contribution < 1.29 is 9.90 Å². The first kappa shape index (κ1) is 14.5. The van der Waals surface area contributed by atoms with E-state index in [1.54, 1.807) is 0 Å². The Morgan fingerprint density at radius 2 is 2.11 bits per heavy atom. The molecule has 0 spiro atoms. The van der Waals surface area contributed by atoms with Crippen LogP contribution in [-0.2, 0) is 11.3 Å². The van der Waals surface area contributed by atoms with E-state index in [1.165, 1.54) is 15.3 Å². The van der Waals surface area contributed by atoms with Gasteiger partial charge in [0.25, 0.3) is 0 Å². The van der Waals surface area contributed by atoms with Gasteiger partial charge in [-0.1, -0.05) is 0 Å². The summed E-state index contributed by atoms with van der Waals surface area (Å²) < 4.78 is 0. The van der Waals surface area contributed by atoms with E-state index in [2.05, 4.69) is 24.8 Å². The van der Waals surface area contributed by atoms with Crippen molar-refractivity contribution in [2.24, 2.45) is 5.92 Å².